The number of benzene rings is 2. The van der Waals surface area contributed by atoms with Gasteiger partial charge in [0.1, 0.15) is 0 Å². The molecule has 3 atom stereocenters. The first kappa shape index (κ1) is 25.0. The summed E-state index contributed by atoms with van der Waals surface area (Å²) in [5, 5.41) is 7.19. The Bertz CT molecular complexity index is 941. The lowest BCUT2D eigenvalue weighted by atomic mass is 9.76. The molecule has 2 saturated heterocycles. The highest BCUT2D eigenvalue weighted by Gasteiger charge is 2.45. The van der Waals surface area contributed by atoms with Gasteiger partial charge in [-0.05, 0) is 68.5 Å². The molecule has 2 heterocycles. The highest BCUT2D eigenvalue weighted by molar-refractivity contribution is 5.35. The maximum Gasteiger partial charge on any atom is 0.416 e. The topological polar surface area (TPSA) is 33.3 Å². The van der Waals surface area contributed by atoms with E-state index in [2.05, 4.69) is 10.6 Å². The second-order valence-electron chi connectivity index (χ2n) is 9.40. The van der Waals surface area contributed by atoms with Crippen molar-refractivity contribution in [3.8, 4) is 0 Å². The van der Waals surface area contributed by atoms with E-state index in [1.807, 2.05) is 30.3 Å². The van der Waals surface area contributed by atoms with E-state index in [9.17, 15) is 26.3 Å². The number of rotatable bonds is 5. The van der Waals surface area contributed by atoms with Crippen molar-refractivity contribution in [2.45, 2.75) is 62.1 Å². The summed E-state index contributed by atoms with van der Waals surface area (Å²) in [6.45, 7) is 3.27. The number of alkyl halides is 6. The Kier molecular flexibility index (Phi) is 6.74. The van der Waals surface area contributed by atoms with Crippen LogP contribution in [0.15, 0.2) is 48.5 Å². The number of hydrogen-bond donors (Lipinski definition) is 2. The second-order valence-corrected chi connectivity index (χ2v) is 9.40. The van der Waals surface area contributed by atoms with Crippen molar-refractivity contribution in [2.24, 2.45) is 0 Å². The number of hydrogen-bond acceptors (Lipinski definition) is 3. The van der Waals surface area contributed by atoms with Gasteiger partial charge in [-0.3, -0.25) is 0 Å². The lowest BCUT2D eigenvalue weighted by Crippen LogP contribution is -2.61. The number of piperidine rings is 1. The zero-order valence-corrected chi connectivity index (χ0v) is 18.8. The number of halogens is 6. The first-order valence-corrected chi connectivity index (χ1v) is 11.4. The summed E-state index contributed by atoms with van der Waals surface area (Å²) in [5.41, 5.74) is -2.41. The Morgan fingerprint density at radius 2 is 1.53 bits per heavy atom. The highest BCUT2D eigenvalue weighted by Crippen LogP contribution is 2.40. The van der Waals surface area contributed by atoms with Gasteiger partial charge >= 0.3 is 12.4 Å². The summed E-state index contributed by atoms with van der Waals surface area (Å²) in [6, 6.07) is 11.2. The number of nitrogens with one attached hydrogen (secondary N) is 2. The van der Waals surface area contributed by atoms with Gasteiger partial charge in [-0.1, -0.05) is 30.3 Å². The molecule has 0 aliphatic carbocycles. The van der Waals surface area contributed by atoms with Gasteiger partial charge in [0, 0.05) is 12.1 Å². The predicted molar refractivity (Wildman–Crippen MR) is 116 cm³/mol. The normalized spacial score (nSPS) is 26.7. The van der Waals surface area contributed by atoms with Crippen LogP contribution in [0, 0.1) is 0 Å². The minimum atomic E-state index is -4.89. The third-order valence-electron chi connectivity index (χ3n) is 7.11. The fourth-order valence-corrected chi connectivity index (χ4v) is 4.99. The SMILES string of the molecule is C[C@@H](OC[C@@]1(c2ccccc2)CC[C@]2(CCCN2)CN1)c1cc(C(F)(F)F)cc(C(F)(F)F)c1. The van der Waals surface area contributed by atoms with Crippen LogP contribution in [0.4, 0.5) is 26.3 Å². The summed E-state index contributed by atoms with van der Waals surface area (Å²) in [4.78, 5) is 0. The van der Waals surface area contributed by atoms with Crippen molar-refractivity contribution in [1.29, 1.82) is 0 Å². The number of ether oxygens (including phenoxy) is 1. The van der Waals surface area contributed by atoms with Crippen molar-refractivity contribution in [3.05, 3.63) is 70.8 Å². The molecule has 4 rings (SSSR count). The van der Waals surface area contributed by atoms with Crippen molar-refractivity contribution < 1.29 is 31.1 Å². The van der Waals surface area contributed by atoms with E-state index in [0.717, 1.165) is 49.9 Å². The largest absolute Gasteiger partial charge is 0.416 e. The van der Waals surface area contributed by atoms with Crippen LogP contribution >= 0.6 is 0 Å². The van der Waals surface area contributed by atoms with Crippen LogP contribution in [0.25, 0.3) is 0 Å². The first-order chi connectivity index (χ1) is 15.9. The van der Waals surface area contributed by atoms with Crippen LogP contribution < -0.4 is 10.6 Å². The molecule has 0 aromatic heterocycles. The van der Waals surface area contributed by atoms with E-state index < -0.39 is 35.1 Å². The molecule has 1 spiro atoms. The zero-order chi connectivity index (χ0) is 24.6. The third-order valence-corrected chi connectivity index (χ3v) is 7.11. The minimum absolute atomic E-state index is 0.0204. The van der Waals surface area contributed by atoms with Crippen LogP contribution in [0.2, 0.25) is 0 Å². The van der Waals surface area contributed by atoms with Gasteiger partial charge < -0.3 is 15.4 Å². The Balaban J connectivity index is 1.57. The van der Waals surface area contributed by atoms with Gasteiger partial charge in [-0.15, -0.1) is 0 Å². The van der Waals surface area contributed by atoms with Crippen LogP contribution in [0.1, 0.15) is 61.0 Å². The summed E-state index contributed by atoms with van der Waals surface area (Å²) < 4.78 is 85.7. The maximum absolute atomic E-state index is 13.3. The Morgan fingerprint density at radius 3 is 2.03 bits per heavy atom. The predicted octanol–water partition coefficient (Wildman–Crippen LogP) is 6.20. The molecule has 0 radical (unpaired) electrons. The molecule has 34 heavy (non-hydrogen) atoms. The molecule has 0 unspecified atom stereocenters. The lowest BCUT2D eigenvalue weighted by Gasteiger charge is -2.46. The van der Waals surface area contributed by atoms with Crippen molar-refractivity contribution >= 4 is 0 Å². The van der Waals surface area contributed by atoms with Gasteiger partial charge in [0.2, 0.25) is 0 Å². The Labute approximate surface area is 194 Å². The molecule has 2 aromatic carbocycles. The summed E-state index contributed by atoms with van der Waals surface area (Å²) in [7, 11) is 0. The van der Waals surface area contributed by atoms with Gasteiger partial charge in [-0.25, -0.2) is 0 Å². The van der Waals surface area contributed by atoms with E-state index in [4.69, 9.17) is 4.74 Å². The molecular formula is C25H28F6N2O. The van der Waals surface area contributed by atoms with E-state index in [1.54, 1.807) is 0 Å². The fourth-order valence-electron chi connectivity index (χ4n) is 4.99. The minimum Gasteiger partial charge on any atom is -0.372 e. The molecule has 186 valence electrons. The molecule has 0 bridgehead atoms. The summed E-state index contributed by atoms with van der Waals surface area (Å²) in [6.07, 6.45) is -6.96. The Morgan fingerprint density at radius 1 is 0.882 bits per heavy atom. The molecule has 2 fully saturated rings. The second kappa shape index (κ2) is 9.17. The van der Waals surface area contributed by atoms with Gasteiger partial charge in [0.25, 0.3) is 0 Å². The summed E-state index contributed by atoms with van der Waals surface area (Å²) >= 11 is 0. The van der Waals surface area contributed by atoms with Crippen molar-refractivity contribution in [1.82, 2.24) is 10.6 Å². The average Bonchev–Trinajstić information content (AvgIpc) is 3.26. The van der Waals surface area contributed by atoms with Crippen LogP contribution in [-0.2, 0) is 22.6 Å². The third kappa shape index (κ3) is 5.26. The smallest absolute Gasteiger partial charge is 0.372 e. The van der Waals surface area contributed by atoms with E-state index in [-0.39, 0.29) is 23.8 Å². The van der Waals surface area contributed by atoms with Crippen molar-refractivity contribution in [2.75, 3.05) is 19.7 Å². The van der Waals surface area contributed by atoms with E-state index >= 15 is 0 Å². The molecule has 2 aliphatic rings. The van der Waals surface area contributed by atoms with E-state index in [0.29, 0.717) is 6.54 Å². The van der Waals surface area contributed by atoms with Crippen molar-refractivity contribution in [3.63, 3.8) is 0 Å². The molecule has 3 nitrogen and oxygen atoms in total. The molecule has 9 heteroatoms. The molecule has 0 saturated carbocycles. The highest BCUT2D eigenvalue weighted by atomic mass is 19.4. The standard InChI is InChI=1S/C25H28F6N2O/c1-17(18-12-20(24(26,27)28)14-21(13-18)25(29,30)31)34-16-23(19-6-3-2-4-7-19)10-9-22(15-33-23)8-5-11-32-22/h2-4,6-7,12-14,17,32-33H,5,8-11,15-16H2,1H3/t17-,22-,23-/m1/s1. The van der Waals surface area contributed by atoms with Gasteiger partial charge in [0.15, 0.2) is 0 Å². The molecular weight excluding hydrogens is 458 g/mol. The van der Waals surface area contributed by atoms with Gasteiger partial charge in [-0.2, -0.15) is 26.3 Å². The first-order valence-electron chi connectivity index (χ1n) is 11.4. The molecule has 0 amide bonds. The molecule has 2 N–H and O–H groups in total. The maximum atomic E-state index is 13.3. The fraction of sp³-hybridized carbons (Fsp3) is 0.520. The quantitative estimate of drug-likeness (QED) is 0.494. The van der Waals surface area contributed by atoms with E-state index in [1.165, 1.54) is 6.92 Å². The van der Waals surface area contributed by atoms with Crippen LogP contribution in [0.5, 0.6) is 0 Å². The summed E-state index contributed by atoms with van der Waals surface area (Å²) in [5.74, 6) is 0. The molecule has 2 aromatic rings. The monoisotopic (exact) mass is 486 g/mol. The van der Waals surface area contributed by atoms with Crippen LogP contribution in [-0.4, -0.2) is 25.2 Å². The Hall–Kier alpha value is -2.10. The zero-order valence-electron chi connectivity index (χ0n) is 18.8. The molecule has 2 aliphatic heterocycles. The average molecular weight is 486 g/mol. The van der Waals surface area contributed by atoms with Gasteiger partial charge in [0.05, 0.1) is 29.4 Å². The van der Waals surface area contributed by atoms with Crippen LogP contribution in [0.3, 0.4) is 0 Å². The lowest BCUT2D eigenvalue weighted by molar-refractivity contribution is -0.143.